The van der Waals surface area contributed by atoms with E-state index in [1.807, 2.05) is 25.1 Å². The first-order valence-electron chi connectivity index (χ1n) is 5.29. The van der Waals surface area contributed by atoms with Crippen molar-refractivity contribution in [3.8, 4) is 0 Å². The largest absolute Gasteiger partial charge is 0.399 e. The Kier molecular flexibility index (Phi) is 2.80. The molecule has 1 atom stereocenters. The first-order chi connectivity index (χ1) is 7.44. The Morgan fingerprint density at radius 3 is 2.69 bits per heavy atom. The van der Waals surface area contributed by atoms with Gasteiger partial charge in [-0.15, -0.1) is 0 Å². The fraction of sp³-hybridized carbons (Fsp3) is 0.455. The molecule has 16 heavy (non-hydrogen) atoms. The molecule has 0 radical (unpaired) electrons. The highest BCUT2D eigenvalue weighted by Gasteiger charge is 2.27. The van der Waals surface area contributed by atoms with Crippen molar-refractivity contribution in [1.82, 2.24) is 0 Å². The van der Waals surface area contributed by atoms with Crippen LogP contribution in [0, 0.1) is 6.92 Å². The summed E-state index contributed by atoms with van der Waals surface area (Å²) in [5.41, 5.74) is 8.40. The summed E-state index contributed by atoms with van der Waals surface area (Å²) in [5, 5.41) is 3.22. The molecule has 88 valence electrons. The van der Waals surface area contributed by atoms with E-state index in [2.05, 4.69) is 5.32 Å². The van der Waals surface area contributed by atoms with E-state index in [-0.39, 0.29) is 17.5 Å². The summed E-state index contributed by atoms with van der Waals surface area (Å²) in [4.78, 5) is 0. The Bertz CT molecular complexity index is 476. The smallest absolute Gasteiger partial charge is 0.152 e. The van der Waals surface area contributed by atoms with Gasteiger partial charge in [-0.3, -0.25) is 0 Å². The topological polar surface area (TPSA) is 72.2 Å². The van der Waals surface area contributed by atoms with Crippen molar-refractivity contribution in [1.29, 1.82) is 0 Å². The van der Waals surface area contributed by atoms with Crippen LogP contribution in [0.25, 0.3) is 0 Å². The minimum atomic E-state index is -2.83. The number of nitrogen functional groups attached to an aromatic ring is 1. The van der Waals surface area contributed by atoms with Crippen molar-refractivity contribution in [2.45, 2.75) is 19.4 Å². The van der Waals surface area contributed by atoms with Crippen LogP contribution in [0.15, 0.2) is 18.2 Å². The van der Waals surface area contributed by atoms with E-state index in [0.717, 1.165) is 11.3 Å². The van der Waals surface area contributed by atoms with Crippen molar-refractivity contribution >= 4 is 21.2 Å². The molecule has 0 aliphatic carbocycles. The van der Waals surface area contributed by atoms with Crippen LogP contribution >= 0.6 is 0 Å². The lowest BCUT2D eigenvalue weighted by Gasteiger charge is -2.13. The fourth-order valence-corrected chi connectivity index (χ4v) is 3.71. The number of rotatable bonds is 2. The predicted molar refractivity (Wildman–Crippen MR) is 66.3 cm³/mol. The molecule has 0 spiro atoms. The standard InChI is InChI=1S/C11H16N2O2S/c1-8-4-9(12)6-11(5-8)13-10-2-3-16(14,15)7-10/h4-6,10,13H,2-3,7,12H2,1H3. The third-order valence-electron chi connectivity index (χ3n) is 2.70. The van der Waals surface area contributed by atoms with Gasteiger partial charge >= 0.3 is 0 Å². The van der Waals surface area contributed by atoms with Crippen LogP contribution < -0.4 is 11.1 Å². The van der Waals surface area contributed by atoms with Gasteiger partial charge in [-0.25, -0.2) is 8.42 Å². The van der Waals surface area contributed by atoms with Gasteiger partial charge in [0.2, 0.25) is 0 Å². The maximum absolute atomic E-state index is 11.3. The molecule has 1 saturated heterocycles. The maximum Gasteiger partial charge on any atom is 0.152 e. The fourth-order valence-electron chi connectivity index (χ4n) is 2.04. The Hall–Kier alpha value is -1.23. The van der Waals surface area contributed by atoms with Crippen molar-refractivity contribution in [2.24, 2.45) is 0 Å². The Morgan fingerprint density at radius 1 is 1.38 bits per heavy atom. The van der Waals surface area contributed by atoms with E-state index in [0.29, 0.717) is 12.1 Å². The predicted octanol–water partition coefficient (Wildman–Crippen LogP) is 1.18. The van der Waals surface area contributed by atoms with Gasteiger partial charge in [-0.2, -0.15) is 0 Å². The molecule has 2 rings (SSSR count). The van der Waals surface area contributed by atoms with Gasteiger partial charge in [0, 0.05) is 17.4 Å². The van der Waals surface area contributed by atoms with Gasteiger partial charge in [-0.1, -0.05) is 0 Å². The first-order valence-corrected chi connectivity index (χ1v) is 7.11. The minimum Gasteiger partial charge on any atom is -0.399 e. The average molecular weight is 240 g/mol. The molecule has 1 aliphatic heterocycles. The number of hydrogen-bond donors (Lipinski definition) is 2. The lowest BCUT2D eigenvalue weighted by atomic mass is 10.1. The summed E-state index contributed by atoms with van der Waals surface area (Å²) in [5.74, 6) is 0.507. The van der Waals surface area contributed by atoms with Crippen LogP contribution in [0.3, 0.4) is 0 Å². The molecule has 0 bridgehead atoms. The third-order valence-corrected chi connectivity index (χ3v) is 4.47. The summed E-state index contributed by atoms with van der Waals surface area (Å²) in [6, 6.07) is 5.71. The van der Waals surface area contributed by atoms with Crippen molar-refractivity contribution in [2.75, 3.05) is 22.6 Å². The van der Waals surface area contributed by atoms with Gasteiger partial charge in [0.25, 0.3) is 0 Å². The molecule has 1 aromatic rings. The number of nitrogens with two attached hydrogens (primary N) is 1. The first kappa shape index (κ1) is 11.3. The summed E-state index contributed by atoms with van der Waals surface area (Å²) in [6.45, 7) is 1.97. The van der Waals surface area contributed by atoms with Crippen LogP contribution in [0.4, 0.5) is 11.4 Å². The van der Waals surface area contributed by atoms with E-state index in [1.54, 1.807) is 0 Å². The normalized spacial score (nSPS) is 23.2. The van der Waals surface area contributed by atoms with E-state index in [9.17, 15) is 8.42 Å². The molecule has 0 aromatic heterocycles. The molecule has 4 nitrogen and oxygen atoms in total. The van der Waals surface area contributed by atoms with E-state index in [1.165, 1.54) is 0 Å². The second-order valence-electron chi connectivity index (χ2n) is 4.38. The average Bonchev–Trinajstić information content (AvgIpc) is 2.43. The Morgan fingerprint density at radius 2 is 2.12 bits per heavy atom. The van der Waals surface area contributed by atoms with Crippen LogP contribution in [0.5, 0.6) is 0 Å². The third kappa shape index (κ3) is 2.66. The molecule has 3 N–H and O–H groups in total. The van der Waals surface area contributed by atoms with Crippen molar-refractivity contribution < 1.29 is 8.42 Å². The maximum atomic E-state index is 11.3. The number of nitrogens with one attached hydrogen (secondary N) is 1. The van der Waals surface area contributed by atoms with E-state index >= 15 is 0 Å². The molecule has 1 aliphatic rings. The van der Waals surface area contributed by atoms with Gasteiger partial charge < -0.3 is 11.1 Å². The zero-order valence-electron chi connectivity index (χ0n) is 9.23. The second kappa shape index (κ2) is 3.97. The van der Waals surface area contributed by atoms with E-state index < -0.39 is 9.84 Å². The highest BCUT2D eigenvalue weighted by atomic mass is 32.2. The van der Waals surface area contributed by atoms with Crippen LogP contribution in [0.2, 0.25) is 0 Å². The summed E-state index contributed by atoms with van der Waals surface area (Å²) < 4.78 is 22.6. The Balaban J connectivity index is 2.10. The Labute approximate surface area is 95.8 Å². The molecule has 0 saturated carbocycles. The number of sulfone groups is 1. The highest BCUT2D eigenvalue weighted by Crippen LogP contribution is 2.20. The molecule has 0 amide bonds. The summed E-state index contributed by atoms with van der Waals surface area (Å²) >= 11 is 0. The van der Waals surface area contributed by atoms with Crippen molar-refractivity contribution in [3.05, 3.63) is 23.8 Å². The zero-order valence-corrected chi connectivity index (χ0v) is 10.0. The quantitative estimate of drug-likeness (QED) is 0.761. The number of aryl methyl sites for hydroxylation is 1. The molecule has 1 fully saturated rings. The van der Waals surface area contributed by atoms with Crippen LogP contribution in [-0.2, 0) is 9.84 Å². The van der Waals surface area contributed by atoms with E-state index in [4.69, 9.17) is 5.73 Å². The highest BCUT2D eigenvalue weighted by molar-refractivity contribution is 7.91. The molecule has 1 heterocycles. The lowest BCUT2D eigenvalue weighted by molar-refractivity contribution is 0.602. The second-order valence-corrected chi connectivity index (χ2v) is 6.61. The van der Waals surface area contributed by atoms with Gasteiger partial charge in [0.1, 0.15) is 0 Å². The molecule has 5 heteroatoms. The van der Waals surface area contributed by atoms with Crippen LogP contribution in [-0.4, -0.2) is 26.0 Å². The molecule has 1 unspecified atom stereocenters. The van der Waals surface area contributed by atoms with Crippen LogP contribution in [0.1, 0.15) is 12.0 Å². The van der Waals surface area contributed by atoms with Crippen molar-refractivity contribution in [3.63, 3.8) is 0 Å². The molecular formula is C11H16N2O2S. The summed E-state index contributed by atoms with van der Waals surface area (Å²) in [7, 11) is -2.83. The number of benzene rings is 1. The zero-order chi connectivity index (χ0) is 11.8. The SMILES string of the molecule is Cc1cc(N)cc(NC2CCS(=O)(=O)C2)c1. The van der Waals surface area contributed by atoms with Gasteiger partial charge in [-0.05, 0) is 37.1 Å². The van der Waals surface area contributed by atoms with Gasteiger partial charge in [0.05, 0.1) is 11.5 Å². The lowest BCUT2D eigenvalue weighted by Crippen LogP contribution is -2.20. The molecule has 1 aromatic carbocycles. The monoisotopic (exact) mass is 240 g/mol. The minimum absolute atomic E-state index is 0.0196. The number of anilines is 2. The number of hydrogen-bond acceptors (Lipinski definition) is 4. The summed E-state index contributed by atoms with van der Waals surface area (Å²) in [6.07, 6.45) is 0.677. The van der Waals surface area contributed by atoms with Gasteiger partial charge in [0.15, 0.2) is 9.84 Å². The molecular weight excluding hydrogens is 224 g/mol.